The Balaban J connectivity index is 2.01. The number of carbonyl (C=O) groups is 1. The number of rotatable bonds is 3. The maximum atomic E-state index is 12.4. The van der Waals surface area contributed by atoms with Crippen LogP contribution in [0.2, 0.25) is 0 Å². The smallest absolute Gasteiger partial charge is 0.241 e. The highest BCUT2D eigenvalue weighted by Gasteiger charge is 2.22. The summed E-state index contributed by atoms with van der Waals surface area (Å²) in [6, 6.07) is 5.52. The summed E-state index contributed by atoms with van der Waals surface area (Å²) in [5.41, 5.74) is 8.31. The van der Waals surface area contributed by atoms with Gasteiger partial charge in [0.05, 0.1) is 6.04 Å². The molecule has 4 heteroatoms. The van der Waals surface area contributed by atoms with Gasteiger partial charge in [0.25, 0.3) is 0 Å². The molecule has 1 aliphatic rings. The summed E-state index contributed by atoms with van der Waals surface area (Å²) in [4.78, 5) is 14.7. The first-order chi connectivity index (χ1) is 9.58. The average molecular weight is 275 g/mol. The second-order valence-corrected chi connectivity index (χ2v) is 5.69. The summed E-state index contributed by atoms with van der Waals surface area (Å²) in [6.45, 7) is 6.00. The Hall–Kier alpha value is -1.55. The molecule has 0 bridgehead atoms. The first-order valence-electron chi connectivity index (χ1n) is 7.49. The van der Waals surface area contributed by atoms with Crippen molar-refractivity contribution >= 4 is 17.3 Å². The van der Waals surface area contributed by atoms with Gasteiger partial charge in [-0.2, -0.15) is 0 Å². The van der Waals surface area contributed by atoms with Crippen molar-refractivity contribution in [2.24, 2.45) is 0 Å². The van der Waals surface area contributed by atoms with E-state index in [0.717, 1.165) is 24.3 Å². The van der Waals surface area contributed by atoms with Crippen molar-refractivity contribution in [3.8, 4) is 0 Å². The first kappa shape index (κ1) is 14.9. The van der Waals surface area contributed by atoms with Crippen LogP contribution in [0.25, 0.3) is 0 Å². The van der Waals surface area contributed by atoms with Crippen LogP contribution in [0.4, 0.5) is 11.4 Å². The van der Waals surface area contributed by atoms with E-state index in [9.17, 15) is 4.79 Å². The molecule has 110 valence electrons. The molecule has 1 amide bonds. The minimum absolute atomic E-state index is 0.0561. The van der Waals surface area contributed by atoms with Crippen LogP contribution >= 0.6 is 0 Å². The van der Waals surface area contributed by atoms with Gasteiger partial charge in [0.2, 0.25) is 5.91 Å². The zero-order valence-corrected chi connectivity index (χ0v) is 12.5. The van der Waals surface area contributed by atoms with Crippen molar-refractivity contribution in [2.45, 2.75) is 45.6 Å². The molecule has 1 saturated heterocycles. The lowest BCUT2D eigenvalue weighted by atomic mass is 10.1. The van der Waals surface area contributed by atoms with Gasteiger partial charge in [0.15, 0.2) is 0 Å². The lowest BCUT2D eigenvalue weighted by Gasteiger charge is -2.26. The molecule has 20 heavy (non-hydrogen) atoms. The summed E-state index contributed by atoms with van der Waals surface area (Å²) in [5, 5.41) is 3.01. The fourth-order valence-corrected chi connectivity index (χ4v) is 2.66. The van der Waals surface area contributed by atoms with Gasteiger partial charge in [-0.25, -0.2) is 0 Å². The van der Waals surface area contributed by atoms with E-state index in [1.165, 1.54) is 25.7 Å². The van der Waals surface area contributed by atoms with Gasteiger partial charge in [-0.15, -0.1) is 0 Å². The molecule has 1 aromatic rings. The molecule has 1 unspecified atom stereocenters. The predicted molar refractivity (Wildman–Crippen MR) is 83.7 cm³/mol. The fourth-order valence-electron chi connectivity index (χ4n) is 2.66. The molecular formula is C16H25N3O. The van der Waals surface area contributed by atoms with E-state index in [2.05, 4.69) is 10.2 Å². The lowest BCUT2D eigenvalue weighted by Crippen LogP contribution is -2.42. The quantitative estimate of drug-likeness (QED) is 0.834. The van der Waals surface area contributed by atoms with Gasteiger partial charge in [-0.05, 0) is 57.5 Å². The Morgan fingerprint density at radius 2 is 1.90 bits per heavy atom. The maximum absolute atomic E-state index is 12.4. The minimum atomic E-state index is -0.0890. The average Bonchev–Trinajstić information content (AvgIpc) is 2.71. The number of aryl methyl sites for hydroxylation is 1. The number of hydrogen-bond acceptors (Lipinski definition) is 3. The third-order valence-electron chi connectivity index (χ3n) is 4.09. The van der Waals surface area contributed by atoms with Crippen LogP contribution in [0, 0.1) is 6.92 Å². The highest BCUT2D eigenvalue weighted by molar-refractivity contribution is 5.95. The van der Waals surface area contributed by atoms with Crippen molar-refractivity contribution in [1.29, 1.82) is 0 Å². The molecule has 2 rings (SSSR count). The zero-order valence-electron chi connectivity index (χ0n) is 12.5. The Kier molecular flexibility index (Phi) is 5.01. The van der Waals surface area contributed by atoms with E-state index in [4.69, 9.17) is 5.73 Å². The topological polar surface area (TPSA) is 58.4 Å². The van der Waals surface area contributed by atoms with Gasteiger partial charge in [-0.1, -0.05) is 18.9 Å². The molecule has 0 radical (unpaired) electrons. The summed E-state index contributed by atoms with van der Waals surface area (Å²) in [7, 11) is 0. The van der Waals surface area contributed by atoms with Crippen molar-refractivity contribution in [3.05, 3.63) is 23.8 Å². The van der Waals surface area contributed by atoms with Crippen molar-refractivity contribution in [2.75, 3.05) is 24.1 Å². The van der Waals surface area contributed by atoms with Crippen molar-refractivity contribution < 1.29 is 4.79 Å². The number of likely N-dealkylation sites (tertiary alicyclic amines) is 1. The van der Waals surface area contributed by atoms with E-state index in [-0.39, 0.29) is 11.9 Å². The van der Waals surface area contributed by atoms with Crippen LogP contribution in [-0.4, -0.2) is 29.9 Å². The van der Waals surface area contributed by atoms with Gasteiger partial charge >= 0.3 is 0 Å². The molecule has 1 atom stereocenters. The third kappa shape index (κ3) is 3.73. The predicted octanol–water partition coefficient (Wildman–Crippen LogP) is 2.78. The Labute approximate surface area is 121 Å². The SMILES string of the molecule is Cc1ccc(N)cc1NC(=O)C(C)N1CCCCCC1. The molecular weight excluding hydrogens is 250 g/mol. The van der Waals surface area contributed by atoms with E-state index >= 15 is 0 Å². The van der Waals surface area contributed by atoms with E-state index in [1.54, 1.807) is 0 Å². The minimum Gasteiger partial charge on any atom is -0.399 e. The van der Waals surface area contributed by atoms with Crippen molar-refractivity contribution in [1.82, 2.24) is 4.90 Å². The van der Waals surface area contributed by atoms with Crippen LogP contribution in [0.3, 0.4) is 0 Å². The van der Waals surface area contributed by atoms with Gasteiger partial charge in [0.1, 0.15) is 0 Å². The number of nitrogens with zero attached hydrogens (tertiary/aromatic N) is 1. The highest BCUT2D eigenvalue weighted by atomic mass is 16.2. The van der Waals surface area contributed by atoms with E-state index in [0.29, 0.717) is 5.69 Å². The molecule has 4 nitrogen and oxygen atoms in total. The summed E-state index contributed by atoms with van der Waals surface area (Å²) in [5.74, 6) is 0.0561. The monoisotopic (exact) mass is 275 g/mol. The summed E-state index contributed by atoms with van der Waals surface area (Å²) >= 11 is 0. The van der Waals surface area contributed by atoms with Gasteiger partial charge in [-0.3, -0.25) is 9.69 Å². The van der Waals surface area contributed by atoms with Crippen LogP contribution in [0.15, 0.2) is 18.2 Å². The normalized spacial score (nSPS) is 18.3. The molecule has 1 fully saturated rings. The molecule has 0 spiro atoms. The molecule has 0 aromatic heterocycles. The van der Waals surface area contributed by atoms with E-state index < -0.39 is 0 Å². The molecule has 1 aromatic carbocycles. The number of benzene rings is 1. The maximum Gasteiger partial charge on any atom is 0.241 e. The van der Waals surface area contributed by atoms with Crippen molar-refractivity contribution in [3.63, 3.8) is 0 Å². The Morgan fingerprint density at radius 3 is 2.55 bits per heavy atom. The van der Waals surface area contributed by atoms with Crippen LogP contribution in [-0.2, 0) is 4.79 Å². The van der Waals surface area contributed by atoms with Crippen LogP contribution in [0.1, 0.15) is 38.2 Å². The van der Waals surface area contributed by atoms with Gasteiger partial charge in [0, 0.05) is 11.4 Å². The molecule has 1 heterocycles. The number of hydrogen-bond donors (Lipinski definition) is 2. The number of nitrogen functional groups attached to an aromatic ring is 1. The summed E-state index contributed by atoms with van der Waals surface area (Å²) < 4.78 is 0. The second kappa shape index (κ2) is 6.75. The zero-order chi connectivity index (χ0) is 14.5. The number of anilines is 2. The number of amides is 1. The standard InChI is InChI=1S/C16H25N3O/c1-12-7-8-14(17)11-15(12)18-16(20)13(2)19-9-5-3-4-6-10-19/h7-8,11,13H,3-6,9-10,17H2,1-2H3,(H,18,20). The number of nitrogens with two attached hydrogens (primary N) is 1. The molecule has 0 saturated carbocycles. The third-order valence-corrected chi connectivity index (χ3v) is 4.09. The highest BCUT2D eigenvalue weighted by Crippen LogP contribution is 2.19. The lowest BCUT2D eigenvalue weighted by molar-refractivity contribution is -0.120. The second-order valence-electron chi connectivity index (χ2n) is 5.69. The Bertz CT molecular complexity index is 465. The molecule has 1 aliphatic heterocycles. The molecule has 0 aliphatic carbocycles. The largest absolute Gasteiger partial charge is 0.399 e. The van der Waals surface area contributed by atoms with Crippen LogP contribution in [0.5, 0.6) is 0 Å². The first-order valence-corrected chi connectivity index (χ1v) is 7.49. The number of carbonyl (C=O) groups excluding carboxylic acids is 1. The van der Waals surface area contributed by atoms with Gasteiger partial charge < -0.3 is 11.1 Å². The fraction of sp³-hybridized carbons (Fsp3) is 0.562. The van der Waals surface area contributed by atoms with Crippen LogP contribution < -0.4 is 11.1 Å². The summed E-state index contributed by atoms with van der Waals surface area (Å²) in [6.07, 6.45) is 4.93. The molecule has 3 N–H and O–H groups in total. The Morgan fingerprint density at radius 1 is 1.25 bits per heavy atom. The number of nitrogens with one attached hydrogen (secondary N) is 1. The van der Waals surface area contributed by atoms with E-state index in [1.807, 2.05) is 32.0 Å².